The lowest BCUT2D eigenvalue weighted by molar-refractivity contribution is -0.0356. The Balaban J connectivity index is 0.999. The fraction of sp³-hybridized carbons (Fsp3) is 0.568. The molecule has 0 N–H and O–H groups in total. The number of nitrogens with zero attached hydrogens (tertiary/aromatic N) is 7. The molecule has 4 aliphatic rings. The van der Waals surface area contributed by atoms with Crippen molar-refractivity contribution in [3.63, 3.8) is 0 Å². The zero-order valence-corrected chi connectivity index (χ0v) is 28.9. The topological polar surface area (TPSA) is 87.2 Å². The Bertz CT molecular complexity index is 1640. The number of anilines is 1. The number of amides is 1. The first kappa shape index (κ1) is 32.7. The van der Waals surface area contributed by atoms with Crippen molar-refractivity contribution in [3.05, 3.63) is 65.6 Å². The summed E-state index contributed by atoms with van der Waals surface area (Å²) in [4.78, 5) is 35.8. The van der Waals surface area contributed by atoms with Crippen molar-refractivity contribution in [3.8, 4) is 17.2 Å². The summed E-state index contributed by atoms with van der Waals surface area (Å²) in [5.74, 6) is 1.67. The van der Waals surface area contributed by atoms with Crippen molar-refractivity contribution in [1.29, 1.82) is 0 Å². The molecule has 1 saturated carbocycles. The number of hydrogen-bond donors (Lipinski definition) is 0. The number of carbonyl (C=O) groups is 1. The van der Waals surface area contributed by atoms with Gasteiger partial charge in [0.2, 0.25) is 0 Å². The van der Waals surface area contributed by atoms with Gasteiger partial charge in [-0.05, 0) is 97.8 Å². The molecule has 0 unspecified atom stereocenters. The van der Waals surface area contributed by atoms with Crippen LogP contribution in [-0.2, 0) is 6.42 Å². The smallest absolute Gasteiger partial charge is 0.257 e. The van der Waals surface area contributed by atoms with E-state index in [0.29, 0.717) is 30.2 Å². The predicted molar refractivity (Wildman–Crippen MR) is 182 cm³/mol. The normalized spacial score (nSPS) is 21.5. The molecule has 0 bridgehead atoms. The number of halogens is 1. The SMILES string of the molecule is CCN(C(=O)c1cc(F)ccc1Oc1cncnc1N1CC2(CC(Oc3ccnc4c3[C@H]3CC[C@H](CCN(C)C)N3CC4)C2)C1)C(C)C. The van der Waals surface area contributed by atoms with Crippen molar-refractivity contribution in [1.82, 2.24) is 29.7 Å². The number of rotatable bonds is 11. The highest BCUT2D eigenvalue weighted by Gasteiger charge is 2.54. The second kappa shape index (κ2) is 13.2. The Morgan fingerprint density at radius 3 is 2.67 bits per heavy atom. The number of pyridine rings is 1. The van der Waals surface area contributed by atoms with Gasteiger partial charge >= 0.3 is 0 Å². The van der Waals surface area contributed by atoms with Crippen molar-refractivity contribution in [2.75, 3.05) is 51.7 Å². The predicted octanol–water partition coefficient (Wildman–Crippen LogP) is 5.73. The van der Waals surface area contributed by atoms with Crippen LogP contribution in [-0.4, -0.2) is 101 Å². The maximum atomic E-state index is 14.3. The molecule has 11 heteroatoms. The average Bonchev–Trinajstić information content (AvgIpc) is 3.45. The van der Waals surface area contributed by atoms with Gasteiger partial charge < -0.3 is 24.2 Å². The number of benzene rings is 1. The van der Waals surface area contributed by atoms with Crippen LogP contribution < -0.4 is 14.4 Å². The molecule has 0 radical (unpaired) electrons. The highest BCUT2D eigenvalue weighted by molar-refractivity contribution is 5.97. The standard InChI is InChI=1S/C37H48FN7O3/c1-6-44(24(2)3)36(46)28-17-25(38)7-10-31(28)48-33-20-39-23-41-35(33)43-21-37(22-43)18-27(19-37)47-32-11-14-40-29-13-16-45-26(12-15-42(4)5)8-9-30(45)34(29)32/h7,10-11,14,17,20,23-24,26-27,30H,6,8-9,12-13,15-16,18-19,21-22H2,1-5H3/t26-,30-/m1/s1. The second-order valence-electron chi connectivity index (χ2n) is 14.6. The molecule has 1 amide bonds. The summed E-state index contributed by atoms with van der Waals surface area (Å²) in [6, 6.07) is 7.13. The molecule has 1 spiro atoms. The maximum absolute atomic E-state index is 14.3. The zero-order chi connectivity index (χ0) is 33.6. The first-order chi connectivity index (χ1) is 23.1. The first-order valence-corrected chi connectivity index (χ1v) is 17.5. The summed E-state index contributed by atoms with van der Waals surface area (Å²) in [5, 5.41) is 0. The molecule has 3 fully saturated rings. The van der Waals surface area contributed by atoms with Gasteiger partial charge in [0.1, 0.15) is 29.7 Å². The largest absolute Gasteiger partial charge is 0.490 e. The van der Waals surface area contributed by atoms with Gasteiger partial charge in [-0.2, -0.15) is 0 Å². The quantitative estimate of drug-likeness (QED) is 0.257. The minimum Gasteiger partial charge on any atom is -0.490 e. The van der Waals surface area contributed by atoms with Crippen LogP contribution in [0.3, 0.4) is 0 Å². The van der Waals surface area contributed by atoms with Crippen LogP contribution in [0.1, 0.15) is 80.5 Å². The molecule has 7 rings (SSSR count). The van der Waals surface area contributed by atoms with Crippen LogP contribution >= 0.6 is 0 Å². The number of aromatic nitrogens is 3. The van der Waals surface area contributed by atoms with Gasteiger partial charge in [-0.25, -0.2) is 14.4 Å². The third-order valence-corrected chi connectivity index (χ3v) is 10.8. The third-order valence-electron chi connectivity index (χ3n) is 10.8. The third kappa shape index (κ3) is 6.22. The molecule has 10 nitrogen and oxygen atoms in total. The summed E-state index contributed by atoms with van der Waals surface area (Å²) in [6.07, 6.45) is 11.8. The minimum absolute atomic E-state index is 0.0337. The Kier molecular flexibility index (Phi) is 9.02. The Hall–Kier alpha value is -3.83. The highest BCUT2D eigenvalue weighted by Crippen LogP contribution is 2.53. The summed E-state index contributed by atoms with van der Waals surface area (Å²) >= 11 is 0. The first-order valence-electron chi connectivity index (χ1n) is 17.5. The van der Waals surface area contributed by atoms with Crippen LogP contribution in [0, 0.1) is 11.2 Å². The molecule has 3 aliphatic heterocycles. The van der Waals surface area contributed by atoms with Crippen molar-refractivity contribution in [2.24, 2.45) is 5.41 Å². The fourth-order valence-corrected chi connectivity index (χ4v) is 8.43. The van der Waals surface area contributed by atoms with Crippen molar-refractivity contribution < 1.29 is 18.7 Å². The second-order valence-corrected chi connectivity index (χ2v) is 14.6. The molecule has 48 heavy (non-hydrogen) atoms. The molecule has 2 atom stereocenters. The lowest BCUT2D eigenvalue weighted by atomic mass is 9.61. The molecular formula is C37H48FN7O3. The summed E-state index contributed by atoms with van der Waals surface area (Å²) in [6.45, 7) is 10.2. The van der Waals surface area contributed by atoms with E-state index in [1.54, 1.807) is 11.1 Å². The highest BCUT2D eigenvalue weighted by atomic mass is 19.1. The zero-order valence-electron chi connectivity index (χ0n) is 28.9. The number of ether oxygens (including phenoxy) is 2. The van der Waals surface area contributed by atoms with E-state index in [4.69, 9.17) is 14.5 Å². The van der Waals surface area contributed by atoms with Gasteiger partial charge in [-0.1, -0.05) is 0 Å². The van der Waals surface area contributed by atoms with Crippen LogP contribution in [0.15, 0.2) is 43.0 Å². The van der Waals surface area contributed by atoms with E-state index in [1.807, 2.05) is 27.0 Å². The van der Waals surface area contributed by atoms with Gasteiger partial charge in [0.05, 0.1) is 17.5 Å². The summed E-state index contributed by atoms with van der Waals surface area (Å²) < 4.78 is 27.3. The fourth-order valence-electron chi connectivity index (χ4n) is 8.43. The Morgan fingerprint density at radius 2 is 1.92 bits per heavy atom. The van der Waals surface area contributed by atoms with Gasteiger partial charge in [0.15, 0.2) is 11.6 Å². The van der Waals surface area contributed by atoms with E-state index in [1.165, 1.54) is 55.0 Å². The maximum Gasteiger partial charge on any atom is 0.257 e. The van der Waals surface area contributed by atoms with E-state index < -0.39 is 5.82 Å². The summed E-state index contributed by atoms with van der Waals surface area (Å²) in [5.41, 5.74) is 2.89. The van der Waals surface area contributed by atoms with Gasteiger partial charge in [0, 0.05) is 67.9 Å². The van der Waals surface area contributed by atoms with Crippen LogP contribution in [0.5, 0.6) is 17.2 Å². The van der Waals surface area contributed by atoms with Crippen molar-refractivity contribution >= 4 is 11.7 Å². The van der Waals surface area contributed by atoms with Gasteiger partial charge in [-0.3, -0.25) is 14.7 Å². The van der Waals surface area contributed by atoms with E-state index in [0.717, 1.165) is 51.2 Å². The molecule has 3 aromatic rings. The molecule has 5 heterocycles. The molecule has 2 aromatic heterocycles. The van der Waals surface area contributed by atoms with Crippen LogP contribution in [0.2, 0.25) is 0 Å². The van der Waals surface area contributed by atoms with E-state index >= 15 is 0 Å². The van der Waals surface area contributed by atoms with E-state index in [2.05, 4.69) is 44.8 Å². The Labute approximate surface area is 283 Å². The molecule has 256 valence electrons. The molecule has 1 aromatic carbocycles. The minimum atomic E-state index is -0.487. The number of carbonyl (C=O) groups excluding carboxylic acids is 1. The lowest BCUT2D eigenvalue weighted by Crippen LogP contribution is -2.65. The monoisotopic (exact) mass is 657 g/mol. The van der Waals surface area contributed by atoms with Gasteiger partial charge in [0.25, 0.3) is 5.91 Å². The van der Waals surface area contributed by atoms with E-state index in [9.17, 15) is 9.18 Å². The van der Waals surface area contributed by atoms with Gasteiger partial charge in [-0.15, -0.1) is 0 Å². The molecule has 2 saturated heterocycles. The number of hydrogen-bond acceptors (Lipinski definition) is 9. The molecule has 1 aliphatic carbocycles. The average molecular weight is 658 g/mol. The number of fused-ring (bicyclic) bond motifs is 3. The van der Waals surface area contributed by atoms with Crippen molar-refractivity contribution in [2.45, 2.75) is 83.5 Å². The van der Waals surface area contributed by atoms with Crippen LogP contribution in [0.25, 0.3) is 0 Å². The molecular weight excluding hydrogens is 609 g/mol. The van der Waals surface area contributed by atoms with E-state index in [-0.39, 0.29) is 34.8 Å². The van der Waals surface area contributed by atoms with Crippen LogP contribution in [0.4, 0.5) is 10.2 Å². The lowest BCUT2D eigenvalue weighted by Gasteiger charge is -2.59. The summed E-state index contributed by atoms with van der Waals surface area (Å²) in [7, 11) is 4.31. The Morgan fingerprint density at radius 1 is 1.10 bits per heavy atom.